The van der Waals surface area contributed by atoms with E-state index in [0.29, 0.717) is 18.5 Å². The van der Waals surface area contributed by atoms with Crippen LogP contribution in [0.3, 0.4) is 0 Å². The average Bonchev–Trinajstić information content (AvgIpc) is 3.29. The minimum absolute atomic E-state index is 0.0648. The molecule has 5 heteroatoms. The number of nitrogens with one attached hydrogen (secondary N) is 1. The van der Waals surface area contributed by atoms with Crippen LogP contribution < -0.4 is 14.8 Å². The fraction of sp³-hybridized carbons (Fsp3) is 0.440. The Bertz CT molecular complexity index is 944. The number of benzene rings is 2. The first-order valence-electron chi connectivity index (χ1n) is 10.8. The second-order valence-corrected chi connectivity index (χ2v) is 8.28. The Morgan fingerprint density at radius 2 is 1.93 bits per heavy atom. The maximum absolute atomic E-state index is 12.5. The van der Waals surface area contributed by atoms with Gasteiger partial charge in [0.05, 0.1) is 24.8 Å². The second-order valence-electron chi connectivity index (χ2n) is 8.28. The molecule has 0 spiro atoms. The molecule has 0 aromatic heterocycles. The van der Waals surface area contributed by atoms with Gasteiger partial charge in [0.15, 0.2) is 11.5 Å². The van der Waals surface area contributed by atoms with Crippen LogP contribution in [0.25, 0.3) is 0 Å². The predicted octanol–water partition coefficient (Wildman–Crippen LogP) is 4.35. The number of amides is 1. The number of nitriles is 1. The van der Waals surface area contributed by atoms with E-state index in [1.807, 2.05) is 30.3 Å². The van der Waals surface area contributed by atoms with E-state index in [1.165, 1.54) is 12.8 Å². The van der Waals surface area contributed by atoms with Crippen LogP contribution in [0.5, 0.6) is 11.5 Å². The molecule has 0 bridgehead atoms. The molecule has 1 amide bonds. The molecule has 2 aliphatic rings. The van der Waals surface area contributed by atoms with Gasteiger partial charge >= 0.3 is 0 Å². The maximum Gasteiger partial charge on any atom is 0.223 e. The largest absolute Gasteiger partial charge is 0.493 e. The molecule has 0 radical (unpaired) electrons. The molecular weight excluding hydrogens is 376 g/mol. The lowest BCUT2D eigenvalue weighted by atomic mass is 9.81. The molecule has 1 aliphatic heterocycles. The highest BCUT2D eigenvalue weighted by molar-refractivity contribution is 5.80. The van der Waals surface area contributed by atoms with Crippen molar-refractivity contribution in [2.75, 3.05) is 13.7 Å². The van der Waals surface area contributed by atoms with E-state index in [-0.39, 0.29) is 23.8 Å². The van der Waals surface area contributed by atoms with Crippen LogP contribution in [0.4, 0.5) is 0 Å². The van der Waals surface area contributed by atoms with Crippen LogP contribution in [0.15, 0.2) is 42.5 Å². The standard InChI is InChI=1S/C25H28N2O3/c1-29-23-11-10-18(14-24(23)30-22-8-4-5-9-22)21-13-20(25(28)27-16-21)12-17-6-2-3-7-19(17)15-26/h2-3,6-7,10-11,14,20-22H,4-5,8-9,12-13,16H2,1H3,(H,27,28)/t20-,21-/m1/s1. The number of rotatable bonds is 6. The first kappa shape index (κ1) is 20.3. The second kappa shape index (κ2) is 9.21. The van der Waals surface area contributed by atoms with Gasteiger partial charge in [-0.3, -0.25) is 4.79 Å². The van der Waals surface area contributed by atoms with Gasteiger partial charge in [-0.2, -0.15) is 5.26 Å². The third kappa shape index (κ3) is 4.43. The first-order chi connectivity index (χ1) is 14.7. The van der Waals surface area contributed by atoms with Crippen molar-refractivity contribution in [2.45, 2.75) is 50.5 Å². The zero-order chi connectivity index (χ0) is 20.9. The number of hydrogen-bond acceptors (Lipinski definition) is 4. The Kier molecular flexibility index (Phi) is 6.23. The first-order valence-corrected chi connectivity index (χ1v) is 10.8. The van der Waals surface area contributed by atoms with Crippen LogP contribution in [-0.2, 0) is 11.2 Å². The van der Waals surface area contributed by atoms with Gasteiger partial charge in [-0.25, -0.2) is 0 Å². The number of piperidine rings is 1. The van der Waals surface area contributed by atoms with Crippen molar-refractivity contribution in [3.63, 3.8) is 0 Å². The topological polar surface area (TPSA) is 71.3 Å². The Labute approximate surface area is 178 Å². The monoisotopic (exact) mass is 404 g/mol. The third-order valence-corrected chi connectivity index (χ3v) is 6.32. The summed E-state index contributed by atoms with van der Waals surface area (Å²) in [6.45, 7) is 0.616. The lowest BCUT2D eigenvalue weighted by Crippen LogP contribution is -2.41. The summed E-state index contributed by atoms with van der Waals surface area (Å²) in [6, 6.07) is 15.9. The number of methoxy groups -OCH3 is 1. The molecule has 1 aliphatic carbocycles. The molecule has 30 heavy (non-hydrogen) atoms. The maximum atomic E-state index is 12.5. The normalized spacial score (nSPS) is 21.7. The van der Waals surface area contributed by atoms with E-state index in [1.54, 1.807) is 7.11 Å². The van der Waals surface area contributed by atoms with Gasteiger partial charge in [-0.1, -0.05) is 24.3 Å². The van der Waals surface area contributed by atoms with Crippen LogP contribution in [0.1, 0.15) is 54.7 Å². The molecule has 2 atom stereocenters. The summed E-state index contributed by atoms with van der Waals surface area (Å²) in [5.41, 5.74) is 2.73. The molecule has 4 rings (SSSR count). The van der Waals surface area contributed by atoms with Crippen LogP contribution in [0.2, 0.25) is 0 Å². The molecule has 0 unspecified atom stereocenters. The molecule has 2 aromatic carbocycles. The van der Waals surface area contributed by atoms with Gasteiger partial charge in [-0.05, 0) is 67.9 Å². The highest BCUT2D eigenvalue weighted by atomic mass is 16.5. The van der Waals surface area contributed by atoms with E-state index in [9.17, 15) is 10.1 Å². The highest BCUT2D eigenvalue weighted by Crippen LogP contribution is 2.37. The van der Waals surface area contributed by atoms with Crippen LogP contribution >= 0.6 is 0 Å². The van der Waals surface area contributed by atoms with E-state index >= 15 is 0 Å². The number of ether oxygens (including phenoxy) is 2. The van der Waals surface area contributed by atoms with Crippen LogP contribution in [-0.4, -0.2) is 25.7 Å². The summed E-state index contributed by atoms with van der Waals surface area (Å²) in [5.74, 6) is 1.67. The van der Waals surface area contributed by atoms with Crippen LogP contribution in [0, 0.1) is 17.2 Å². The van der Waals surface area contributed by atoms with Crippen molar-refractivity contribution in [1.82, 2.24) is 5.32 Å². The zero-order valence-corrected chi connectivity index (χ0v) is 17.4. The summed E-state index contributed by atoms with van der Waals surface area (Å²) in [5, 5.41) is 12.4. The third-order valence-electron chi connectivity index (χ3n) is 6.32. The number of carbonyl (C=O) groups excluding carboxylic acids is 1. The smallest absolute Gasteiger partial charge is 0.223 e. The molecule has 1 saturated carbocycles. The quantitative estimate of drug-likeness (QED) is 0.777. The van der Waals surface area contributed by atoms with Gasteiger partial charge in [-0.15, -0.1) is 0 Å². The van der Waals surface area contributed by atoms with Crippen molar-refractivity contribution in [2.24, 2.45) is 5.92 Å². The van der Waals surface area contributed by atoms with Gasteiger partial charge in [0.2, 0.25) is 5.91 Å². The van der Waals surface area contributed by atoms with Gasteiger partial charge in [0, 0.05) is 18.4 Å². The zero-order valence-electron chi connectivity index (χ0n) is 17.4. The molecule has 156 valence electrons. The van der Waals surface area contributed by atoms with Crippen molar-refractivity contribution in [3.05, 3.63) is 59.2 Å². The summed E-state index contributed by atoms with van der Waals surface area (Å²) in [7, 11) is 1.67. The van der Waals surface area contributed by atoms with Gasteiger partial charge < -0.3 is 14.8 Å². The summed E-state index contributed by atoms with van der Waals surface area (Å²) >= 11 is 0. The molecule has 1 heterocycles. The Morgan fingerprint density at radius 1 is 1.13 bits per heavy atom. The molecular formula is C25H28N2O3. The van der Waals surface area contributed by atoms with E-state index in [4.69, 9.17) is 9.47 Å². The lowest BCUT2D eigenvalue weighted by Gasteiger charge is -2.30. The fourth-order valence-electron chi connectivity index (χ4n) is 4.63. The summed E-state index contributed by atoms with van der Waals surface area (Å²) in [4.78, 5) is 12.5. The molecule has 1 N–H and O–H groups in total. The van der Waals surface area contributed by atoms with Gasteiger partial charge in [0.1, 0.15) is 0 Å². The Morgan fingerprint density at radius 3 is 2.70 bits per heavy atom. The van der Waals surface area contributed by atoms with E-state index < -0.39 is 0 Å². The van der Waals surface area contributed by atoms with Crippen molar-refractivity contribution >= 4 is 5.91 Å². The number of carbonyl (C=O) groups is 1. The molecule has 1 saturated heterocycles. The number of hydrogen-bond donors (Lipinski definition) is 1. The van der Waals surface area contributed by atoms with Crippen molar-refractivity contribution in [3.8, 4) is 17.6 Å². The fourth-order valence-corrected chi connectivity index (χ4v) is 4.63. The SMILES string of the molecule is COc1ccc([C@H]2CNC(=O)[C@H](Cc3ccccc3C#N)C2)cc1OC1CCCC1. The van der Waals surface area contributed by atoms with Crippen molar-refractivity contribution < 1.29 is 14.3 Å². The van der Waals surface area contributed by atoms with E-state index in [0.717, 1.165) is 41.9 Å². The predicted molar refractivity (Wildman–Crippen MR) is 115 cm³/mol. The minimum Gasteiger partial charge on any atom is -0.493 e. The van der Waals surface area contributed by atoms with Crippen molar-refractivity contribution in [1.29, 1.82) is 5.26 Å². The Hall–Kier alpha value is -3.00. The summed E-state index contributed by atoms with van der Waals surface area (Å²) in [6.07, 6.45) is 6.20. The molecule has 2 fully saturated rings. The molecule has 5 nitrogen and oxygen atoms in total. The highest BCUT2D eigenvalue weighted by Gasteiger charge is 2.30. The van der Waals surface area contributed by atoms with E-state index in [2.05, 4.69) is 23.5 Å². The molecule has 2 aromatic rings. The number of nitrogens with zero attached hydrogens (tertiary/aromatic N) is 1. The Balaban J connectivity index is 1.52. The average molecular weight is 405 g/mol. The minimum atomic E-state index is -0.153. The summed E-state index contributed by atoms with van der Waals surface area (Å²) < 4.78 is 11.8. The van der Waals surface area contributed by atoms with Gasteiger partial charge in [0.25, 0.3) is 0 Å². The lowest BCUT2D eigenvalue weighted by molar-refractivity contribution is -0.126.